The van der Waals surface area contributed by atoms with E-state index in [1.54, 1.807) is 7.05 Å². The minimum atomic E-state index is -0.760. The molecule has 0 aliphatic rings. The smallest absolute Gasteiger partial charge is 0.297 e. The van der Waals surface area contributed by atoms with Gasteiger partial charge in [0.1, 0.15) is 12.0 Å². The van der Waals surface area contributed by atoms with Crippen LogP contribution in [0.1, 0.15) is 28.5 Å². The molecule has 0 aliphatic carbocycles. The van der Waals surface area contributed by atoms with Gasteiger partial charge in [-0.3, -0.25) is 14.2 Å². The van der Waals surface area contributed by atoms with E-state index in [0.29, 0.717) is 0 Å². The number of aromatic hydroxyl groups is 1. The van der Waals surface area contributed by atoms with Gasteiger partial charge in [0.2, 0.25) is 11.7 Å². The maximum Gasteiger partial charge on any atom is 0.297 e. The molecular formula is C24H23N5O4. The van der Waals surface area contributed by atoms with Crippen LogP contribution < -0.4 is 15.8 Å². The Labute approximate surface area is 189 Å². The third-order valence-corrected chi connectivity index (χ3v) is 5.79. The van der Waals surface area contributed by atoms with E-state index in [-0.39, 0.29) is 11.6 Å². The highest BCUT2D eigenvalue weighted by Crippen LogP contribution is 2.37. The van der Waals surface area contributed by atoms with E-state index < -0.39 is 28.4 Å². The first kappa shape index (κ1) is 21.8. The van der Waals surface area contributed by atoms with Gasteiger partial charge in [-0.1, -0.05) is 65.8 Å². The van der Waals surface area contributed by atoms with Gasteiger partial charge in [0.15, 0.2) is 5.69 Å². The van der Waals surface area contributed by atoms with Crippen molar-refractivity contribution in [3.8, 4) is 5.75 Å². The summed E-state index contributed by atoms with van der Waals surface area (Å²) in [6.45, 7) is 2.01. The minimum Gasteiger partial charge on any atom is -0.501 e. The van der Waals surface area contributed by atoms with E-state index in [0.717, 1.165) is 11.1 Å². The molecule has 0 saturated heterocycles. The number of nitrogens with one attached hydrogen (secondary N) is 1. The molecule has 9 heteroatoms. The van der Waals surface area contributed by atoms with Crippen molar-refractivity contribution in [2.45, 2.75) is 12.5 Å². The number of hydrogen-bond donors (Lipinski definition) is 2. The molecule has 168 valence electrons. The molecule has 0 bridgehead atoms. The molecule has 4 aromatic rings. The zero-order chi connectivity index (χ0) is 23.6. The highest BCUT2D eigenvalue weighted by atomic mass is 16.5. The number of nitrogens with zero attached hydrogens (tertiary/aromatic N) is 4. The fourth-order valence-electron chi connectivity index (χ4n) is 3.77. The van der Waals surface area contributed by atoms with Crippen LogP contribution in [0, 0.1) is 0 Å². The summed E-state index contributed by atoms with van der Waals surface area (Å²) in [6.07, 6.45) is 2.52. The van der Waals surface area contributed by atoms with Gasteiger partial charge in [-0.15, -0.1) is 0 Å². The van der Waals surface area contributed by atoms with Crippen molar-refractivity contribution in [2.75, 3.05) is 17.3 Å². The molecule has 0 fully saturated rings. The maximum atomic E-state index is 12.9. The van der Waals surface area contributed by atoms with Crippen molar-refractivity contribution in [3.63, 3.8) is 0 Å². The average molecular weight is 445 g/mol. The van der Waals surface area contributed by atoms with Crippen molar-refractivity contribution in [1.29, 1.82) is 0 Å². The van der Waals surface area contributed by atoms with Gasteiger partial charge >= 0.3 is 0 Å². The second kappa shape index (κ2) is 8.62. The van der Waals surface area contributed by atoms with Crippen molar-refractivity contribution >= 4 is 17.5 Å². The molecule has 0 atom stereocenters. The summed E-state index contributed by atoms with van der Waals surface area (Å²) < 4.78 is 5.93. The molecule has 33 heavy (non-hydrogen) atoms. The molecule has 2 N–H and O–H groups in total. The van der Waals surface area contributed by atoms with Crippen molar-refractivity contribution in [2.24, 2.45) is 7.05 Å². The maximum absolute atomic E-state index is 12.9. The zero-order valence-corrected chi connectivity index (χ0v) is 18.4. The normalized spacial score (nSPS) is 11.2. The lowest BCUT2D eigenvalue weighted by Gasteiger charge is -2.41. The molecule has 0 spiro atoms. The molecule has 2 heterocycles. The molecule has 0 unspecified atom stereocenters. The predicted molar refractivity (Wildman–Crippen MR) is 123 cm³/mol. The van der Waals surface area contributed by atoms with Gasteiger partial charge < -0.3 is 19.8 Å². The first-order valence-corrected chi connectivity index (χ1v) is 10.2. The van der Waals surface area contributed by atoms with E-state index in [1.165, 1.54) is 24.1 Å². The second-order valence-corrected chi connectivity index (χ2v) is 7.70. The molecule has 0 aliphatic heterocycles. The van der Waals surface area contributed by atoms with Crippen LogP contribution in [-0.2, 0) is 12.6 Å². The molecule has 1 amide bonds. The topological polar surface area (TPSA) is 113 Å². The number of rotatable bonds is 6. The van der Waals surface area contributed by atoms with Gasteiger partial charge in [-0.2, -0.15) is 0 Å². The van der Waals surface area contributed by atoms with Gasteiger partial charge in [0, 0.05) is 14.1 Å². The SMILES string of the molecule is CN(c1nc(C(=O)Nc2cnoc2)c(O)c(=O)n1C)C(C)(c1ccccc1)c1ccccc1. The fourth-order valence-corrected chi connectivity index (χ4v) is 3.77. The Bertz CT molecular complexity index is 1280. The summed E-state index contributed by atoms with van der Waals surface area (Å²) in [4.78, 5) is 31.9. The Morgan fingerprint density at radius 3 is 2.18 bits per heavy atom. The fraction of sp³-hybridized carbons (Fsp3) is 0.167. The number of benzene rings is 2. The van der Waals surface area contributed by atoms with Gasteiger partial charge in [0.25, 0.3) is 11.5 Å². The van der Waals surface area contributed by atoms with Crippen LogP contribution in [0.5, 0.6) is 5.75 Å². The number of aromatic nitrogens is 3. The molecule has 4 rings (SSSR count). The lowest BCUT2D eigenvalue weighted by Crippen LogP contribution is -2.45. The number of hydrogen-bond acceptors (Lipinski definition) is 7. The quantitative estimate of drug-likeness (QED) is 0.469. The molecule has 0 saturated carbocycles. The van der Waals surface area contributed by atoms with E-state index >= 15 is 0 Å². The van der Waals surface area contributed by atoms with Crippen molar-refractivity contribution in [1.82, 2.24) is 14.7 Å². The van der Waals surface area contributed by atoms with E-state index in [2.05, 4.69) is 15.5 Å². The number of carbonyl (C=O) groups excluding carboxylic acids is 1. The largest absolute Gasteiger partial charge is 0.501 e. The van der Waals surface area contributed by atoms with Crippen LogP contribution in [0.25, 0.3) is 0 Å². The van der Waals surface area contributed by atoms with Crippen LogP contribution in [0.4, 0.5) is 11.6 Å². The summed E-state index contributed by atoms with van der Waals surface area (Å²) >= 11 is 0. The van der Waals surface area contributed by atoms with Crippen molar-refractivity contribution < 1.29 is 14.4 Å². The van der Waals surface area contributed by atoms with Gasteiger partial charge in [-0.05, 0) is 18.1 Å². The summed E-state index contributed by atoms with van der Waals surface area (Å²) in [6, 6.07) is 19.5. The third-order valence-electron chi connectivity index (χ3n) is 5.79. The molecule has 2 aromatic carbocycles. The molecule has 0 radical (unpaired) electrons. The monoisotopic (exact) mass is 445 g/mol. The Hall–Kier alpha value is -4.40. The second-order valence-electron chi connectivity index (χ2n) is 7.70. The summed E-state index contributed by atoms with van der Waals surface area (Å²) in [5.41, 5.74) is 0.289. The summed E-state index contributed by atoms with van der Waals surface area (Å²) in [5.74, 6) is -1.31. The van der Waals surface area contributed by atoms with Gasteiger partial charge in [0.05, 0.1) is 11.7 Å². The van der Waals surface area contributed by atoms with Crippen LogP contribution in [0.2, 0.25) is 0 Å². The van der Waals surface area contributed by atoms with Crippen molar-refractivity contribution in [3.05, 3.63) is 100 Å². The van der Waals surface area contributed by atoms with Crippen LogP contribution in [-0.4, -0.2) is 32.8 Å². The van der Waals surface area contributed by atoms with Crippen LogP contribution in [0.15, 0.2) is 82.4 Å². The minimum absolute atomic E-state index is 0.198. The van der Waals surface area contributed by atoms with E-state index in [4.69, 9.17) is 4.52 Å². The first-order chi connectivity index (χ1) is 15.8. The summed E-state index contributed by atoms with van der Waals surface area (Å²) in [7, 11) is 3.29. The molecule has 9 nitrogen and oxygen atoms in total. The Balaban J connectivity index is 1.87. The third kappa shape index (κ3) is 3.84. The lowest BCUT2D eigenvalue weighted by molar-refractivity contribution is 0.101. The average Bonchev–Trinajstić information content (AvgIpc) is 3.36. The lowest BCUT2D eigenvalue weighted by atomic mass is 9.83. The Morgan fingerprint density at radius 2 is 1.67 bits per heavy atom. The zero-order valence-electron chi connectivity index (χ0n) is 18.4. The standard InChI is InChI=1S/C24H23N5O4/c1-24(16-10-6-4-7-11-16,17-12-8-5-9-13-17)29(3)23-27-19(20(30)22(32)28(23)2)21(31)26-18-14-25-33-15-18/h4-15,30H,1-3H3,(H,26,31). The highest BCUT2D eigenvalue weighted by Gasteiger charge is 2.36. The first-order valence-electron chi connectivity index (χ1n) is 10.2. The van der Waals surface area contributed by atoms with Gasteiger partial charge in [-0.25, -0.2) is 4.98 Å². The van der Waals surface area contributed by atoms with E-state index in [9.17, 15) is 14.7 Å². The summed E-state index contributed by atoms with van der Waals surface area (Å²) in [5, 5.41) is 16.4. The van der Waals surface area contributed by atoms with Crippen LogP contribution >= 0.6 is 0 Å². The number of carbonyl (C=O) groups is 1. The van der Waals surface area contributed by atoms with Crippen LogP contribution in [0.3, 0.4) is 0 Å². The molecule has 2 aromatic heterocycles. The number of amides is 1. The van der Waals surface area contributed by atoms with E-state index in [1.807, 2.05) is 72.5 Å². The highest BCUT2D eigenvalue weighted by molar-refractivity contribution is 6.04. The molecular weight excluding hydrogens is 422 g/mol. The number of anilines is 2. The Kier molecular flexibility index (Phi) is 5.70. The Morgan fingerprint density at radius 1 is 1.09 bits per heavy atom. The predicted octanol–water partition coefficient (Wildman–Crippen LogP) is 3.13.